The maximum atomic E-state index is 12.6. The van der Waals surface area contributed by atoms with Gasteiger partial charge in [0.25, 0.3) is 0 Å². The highest BCUT2D eigenvalue weighted by Crippen LogP contribution is 2.58. The summed E-state index contributed by atoms with van der Waals surface area (Å²) in [6, 6.07) is 19.2. The molecule has 1 aliphatic rings. The van der Waals surface area contributed by atoms with Crippen LogP contribution in [0.25, 0.3) is 5.57 Å². The molecule has 158 valence electrons. The van der Waals surface area contributed by atoms with Crippen molar-refractivity contribution in [2.24, 2.45) is 16.7 Å². The summed E-state index contributed by atoms with van der Waals surface area (Å²) in [6.45, 7) is 12.3. The minimum absolute atomic E-state index is 0.256. The van der Waals surface area contributed by atoms with E-state index in [0.717, 1.165) is 16.7 Å². The van der Waals surface area contributed by atoms with Gasteiger partial charge in [-0.1, -0.05) is 102 Å². The summed E-state index contributed by atoms with van der Waals surface area (Å²) in [5, 5.41) is 22.8. The molecule has 1 aliphatic carbocycles. The molecule has 2 aromatic carbocycles. The molecular weight excluding hydrogens is 372 g/mol. The number of aliphatic carboxylic acids is 1. The Bertz CT molecular complexity index is 986. The lowest BCUT2D eigenvalue weighted by Gasteiger charge is -2.52. The number of aliphatic hydroxyl groups is 1. The van der Waals surface area contributed by atoms with E-state index < -0.39 is 28.3 Å². The summed E-state index contributed by atoms with van der Waals surface area (Å²) < 4.78 is 0. The highest BCUT2D eigenvalue weighted by molar-refractivity contribution is 6.01. The fraction of sp³-hybridized carbons (Fsp3) is 0.370. The van der Waals surface area contributed by atoms with Crippen LogP contribution in [0.15, 0.2) is 77.9 Å². The zero-order valence-corrected chi connectivity index (χ0v) is 18.7. The van der Waals surface area contributed by atoms with Crippen molar-refractivity contribution in [2.45, 2.75) is 47.1 Å². The van der Waals surface area contributed by atoms with E-state index in [4.69, 9.17) is 0 Å². The molecule has 0 heterocycles. The number of carbonyl (C=O) groups is 1. The van der Waals surface area contributed by atoms with Crippen LogP contribution in [0.3, 0.4) is 0 Å². The smallest absolute Gasteiger partial charge is 0.335 e. The van der Waals surface area contributed by atoms with E-state index in [1.807, 2.05) is 81.4 Å². The summed E-state index contributed by atoms with van der Waals surface area (Å²) in [6.07, 6.45) is 1.71. The van der Waals surface area contributed by atoms with Gasteiger partial charge in [-0.2, -0.15) is 0 Å². The molecule has 0 aromatic heterocycles. The van der Waals surface area contributed by atoms with Gasteiger partial charge in [-0.15, -0.1) is 0 Å². The molecule has 2 unspecified atom stereocenters. The lowest BCUT2D eigenvalue weighted by Crippen LogP contribution is -2.49. The fourth-order valence-electron chi connectivity index (χ4n) is 4.83. The molecule has 3 rings (SSSR count). The van der Waals surface area contributed by atoms with E-state index in [-0.39, 0.29) is 5.57 Å². The molecule has 0 saturated heterocycles. The quantitative estimate of drug-likeness (QED) is 0.654. The van der Waals surface area contributed by atoms with Crippen molar-refractivity contribution in [3.05, 3.63) is 89.0 Å². The van der Waals surface area contributed by atoms with E-state index >= 15 is 0 Å². The van der Waals surface area contributed by atoms with Crippen LogP contribution >= 0.6 is 0 Å². The summed E-state index contributed by atoms with van der Waals surface area (Å²) in [5.41, 5.74) is 1.07. The molecule has 0 aliphatic heterocycles. The first-order valence-corrected chi connectivity index (χ1v) is 10.4. The van der Waals surface area contributed by atoms with Gasteiger partial charge in [0.2, 0.25) is 0 Å². The maximum absolute atomic E-state index is 12.6. The lowest BCUT2D eigenvalue weighted by molar-refractivity contribution is -0.132. The molecular formula is C27H32O3. The van der Waals surface area contributed by atoms with Crippen molar-refractivity contribution in [3.8, 4) is 0 Å². The molecule has 3 heteroatoms. The van der Waals surface area contributed by atoms with Crippen LogP contribution in [0.1, 0.15) is 52.7 Å². The molecule has 30 heavy (non-hydrogen) atoms. The molecule has 0 fully saturated rings. The number of benzene rings is 2. The van der Waals surface area contributed by atoms with Gasteiger partial charge < -0.3 is 10.2 Å². The second-order valence-corrected chi connectivity index (χ2v) is 10.2. The third-order valence-corrected chi connectivity index (χ3v) is 5.90. The second-order valence-electron chi connectivity index (χ2n) is 10.2. The Morgan fingerprint density at radius 3 is 1.80 bits per heavy atom. The largest absolute Gasteiger partial charge is 0.478 e. The molecule has 3 nitrogen and oxygen atoms in total. The van der Waals surface area contributed by atoms with E-state index in [9.17, 15) is 15.0 Å². The predicted molar refractivity (Wildman–Crippen MR) is 122 cm³/mol. The van der Waals surface area contributed by atoms with Gasteiger partial charge in [0, 0.05) is 5.92 Å². The van der Waals surface area contributed by atoms with Crippen molar-refractivity contribution in [1.82, 2.24) is 0 Å². The Hall–Kier alpha value is -2.65. The minimum atomic E-state index is -1.35. The van der Waals surface area contributed by atoms with Gasteiger partial charge in [-0.05, 0) is 39.2 Å². The van der Waals surface area contributed by atoms with Gasteiger partial charge in [-0.3, -0.25) is 0 Å². The van der Waals surface area contributed by atoms with Crippen molar-refractivity contribution in [1.29, 1.82) is 0 Å². The van der Waals surface area contributed by atoms with E-state index in [2.05, 4.69) is 20.8 Å². The number of carboxylic acid groups (broad SMARTS) is 1. The standard InChI is InChI=1S/C27H32O3/c1-25(2,3)21-17-20(24(28)29)22(18-13-9-7-10-14-18)23(26(4,5)6)27(21,30)19-15-11-8-12-16-19/h7-17,23,30H,1-6H3,(H,28,29). The van der Waals surface area contributed by atoms with Crippen LogP contribution in [0.5, 0.6) is 0 Å². The number of rotatable bonds is 3. The van der Waals surface area contributed by atoms with Gasteiger partial charge >= 0.3 is 5.97 Å². The van der Waals surface area contributed by atoms with Crippen LogP contribution in [0, 0.1) is 16.7 Å². The van der Waals surface area contributed by atoms with Gasteiger partial charge in [0.1, 0.15) is 5.60 Å². The van der Waals surface area contributed by atoms with E-state index in [1.165, 1.54) is 0 Å². The molecule has 2 atom stereocenters. The Labute approximate surface area is 179 Å². The zero-order valence-electron chi connectivity index (χ0n) is 18.7. The van der Waals surface area contributed by atoms with Crippen molar-refractivity contribution in [2.75, 3.05) is 0 Å². The molecule has 0 radical (unpaired) electrons. The van der Waals surface area contributed by atoms with Crippen LogP contribution in [0.2, 0.25) is 0 Å². The zero-order chi connectivity index (χ0) is 22.3. The topological polar surface area (TPSA) is 57.5 Å². The van der Waals surface area contributed by atoms with Crippen LogP contribution in [-0.2, 0) is 10.4 Å². The average Bonchev–Trinajstić information content (AvgIpc) is 2.66. The fourth-order valence-corrected chi connectivity index (χ4v) is 4.83. The van der Waals surface area contributed by atoms with Gasteiger partial charge in [0.15, 0.2) is 0 Å². The monoisotopic (exact) mass is 404 g/mol. The van der Waals surface area contributed by atoms with Crippen LogP contribution in [0.4, 0.5) is 0 Å². The molecule has 0 amide bonds. The molecule has 0 saturated carbocycles. The second kappa shape index (κ2) is 7.55. The predicted octanol–water partition coefficient (Wildman–Crippen LogP) is 6.06. The van der Waals surface area contributed by atoms with E-state index in [0.29, 0.717) is 5.57 Å². The molecule has 2 aromatic rings. The molecule has 0 spiro atoms. The highest BCUT2D eigenvalue weighted by Gasteiger charge is 2.54. The molecule has 0 bridgehead atoms. The summed E-state index contributed by atoms with van der Waals surface area (Å²) in [4.78, 5) is 12.4. The van der Waals surface area contributed by atoms with Gasteiger partial charge in [0.05, 0.1) is 5.57 Å². The number of carboxylic acids is 1. The first-order chi connectivity index (χ1) is 13.9. The first kappa shape index (κ1) is 22.0. The average molecular weight is 405 g/mol. The third kappa shape index (κ3) is 3.75. The third-order valence-electron chi connectivity index (χ3n) is 5.90. The Kier molecular flexibility index (Phi) is 5.55. The Morgan fingerprint density at radius 2 is 1.37 bits per heavy atom. The van der Waals surface area contributed by atoms with Crippen molar-refractivity contribution in [3.63, 3.8) is 0 Å². The summed E-state index contributed by atoms with van der Waals surface area (Å²) >= 11 is 0. The van der Waals surface area contributed by atoms with Crippen molar-refractivity contribution >= 4 is 11.5 Å². The van der Waals surface area contributed by atoms with Crippen LogP contribution in [-0.4, -0.2) is 16.2 Å². The highest BCUT2D eigenvalue weighted by atomic mass is 16.4. The summed E-state index contributed by atoms with van der Waals surface area (Å²) in [5.74, 6) is -1.43. The first-order valence-electron chi connectivity index (χ1n) is 10.4. The Balaban J connectivity index is 2.49. The molecule has 2 N–H and O–H groups in total. The number of hydrogen-bond donors (Lipinski definition) is 2. The minimum Gasteiger partial charge on any atom is -0.478 e. The Morgan fingerprint density at radius 1 is 0.867 bits per heavy atom. The van der Waals surface area contributed by atoms with Crippen molar-refractivity contribution < 1.29 is 15.0 Å². The summed E-state index contributed by atoms with van der Waals surface area (Å²) in [7, 11) is 0. The maximum Gasteiger partial charge on any atom is 0.335 e. The lowest BCUT2D eigenvalue weighted by atomic mass is 9.54. The van der Waals surface area contributed by atoms with E-state index in [1.54, 1.807) is 6.08 Å². The SMILES string of the molecule is CC(C)(C)C1=CC(C(=O)O)=C(c2ccccc2)C(C(C)(C)C)C1(O)c1ccccc1. The van der Waals surface area contributed by atoms with Crippen LogP contribution < -0.4 is 0 Å². The van der Waals surface area contributed by atoms with Gasteiger partial charge in [-0.25, -0.2) is 4.79 Å². The number of hydrogen-bond acceptors (Lipinski definition) is 2. The normalized spacial score (nSPS) is 22.6.